The van der Waals surface area contributed by atoms with Gasteiger partial charge >= 0.3 is 5.97 Å². The zero-order chi connectivity index (χ0) is 17.2. The van der Waals surface area contributed by atoms with Crippen LogP contribution in [0.2, 0.25) is 0 Å². The highest BCUT2D eigenvalue weighted by molar-refractivity contribution is 7.89. The van der Waals surface area contributed by atoms with Gasteiger partial charge in [-0.15, -0.1) is 0 Å². The van der Waals surface area contributed by atoms with Gasteiger partial charge in [0.2, 0.25) is 10.0 Å². The number of primary amides is 1. The van der Waals surface area contributed by atoms with Gasteiger partial charge in [0.15, 0.2) is 0 Å². The van der Waals surface area contributed by atoms with E-state index in [-0.39, 0.29) is 22.7 Å². The number of aromatic nitrogens is 1. The number of nitrogens with two attached hydrogens (primary N) is 1. The van der Waals surface area contributed by atoms with Crippen LogP contribution in [0.4, 0.5) is 0 Å². The van der Waals surface area contributed by atoms with Gasteiger partial charge in [-0.25, -0.2) is 17.9 Å². The van der Waals surface area contributed by atoms with Gasteiger partial charge in [0, 0.05) is 19.8 Å². The van der Waals surface area contributed by atoms with E-state index in [0.29, 0.717) is 5.56 Å². The third-order valence-electron chi connectivity index (χ3n) is 3.21. The number of benzene rings is 1. The molecule has 0 bridgehead atoms. The van der Waals surface area contributed by atoms with Crippen molar-refractivity contribution in [1.82, 2.24) is 9.29 Å². The van der Waals surface area contributed by atoms with E-state index < -0.39 is 21.9 Å². The van der Waals surface area contributed by atoms with Gasteiger partial charge < -0.3 is 15.4 Å². The van der Waals surface area contributed by atoms with E-state index in [1.165, 1.54) is 48.1 Å². The van der Waals surface area contributed by atoms with Crippen molar-refractivity contribution in [3.63, 3.8) is 0 Å². The normalized spacial score (nSPS) is 11.3. The molecular formula is C14H15N3O5S. The summed E-state index contributed by atoms with van der Waals surface area (Å²) in [6.45, 7) is -0.0109. The molecule has 0 aliphatic rings. The fourth-order valence-electron chi connectivity index (χ4n) is 1.95. The van der Waals surface area contributed by atoms with Crippen LogP contribution in [-0.4, -0.2) is 30.0 Å². The molecular weight excluding hydrogens is 322 g/mol. The highest BCUT2D eigenvalue weighted by Gasteiger charge is 2.19. The number of nitrogens with one attached hydrogen (secondary N) is 1. The number of nitrogens with zero attached hydrogens (tertiary/aromatic N) is 1. The predicted molar refractivity (Wildman–Crippen MR) is 81.4 cm³/mol. The Bertz CT molecular complexity index is 853. The summed E-state index contributed by atoms with van der Waals surface area (Å²) in [4.78, 5) is 21.8. The fourth-order valence-corrected chi connectivity index (χ4v) is 3.04. The van der Waals surface area contributed by atoms with E-state index >= 15 is 0 Å². The molecule has 9 heteroatoms. The number of carboxylic acids is 1. The maximum atomic E-state index is 12.2. The highest BCUT2D eigenvalue weighted by atomic mass is 32.2. The number of carbonyl (C=O) groups is 2. The average molecular weight is 337 g/mol. The van der Waals surface area contributed by atoms with E-state index in [2.05, 4.69) is 4.72 Å². The SMILES string of the molecule is Cn1cc(S(=O)(=O)NCc2ccc(C(=O)O)cc2)cc1C(N)=O. The molecule has 1 amide bonds. The van der Waals surface area contributed by atoms with E-state index in [4.69, 9.17) is 10.8 Å². The molecule has 0 radical (unpaired) electrons. The first kappa shape index (κ1) is 16.7. The predicted octanol–water partition coefficient (Wildman–Crippen LogP) is 0.301. The van der Waals surface area contributed by atoms with Crippen LogP contribution in [0.1, 0.15) is 26.4 Å². The second-order valence-electron chi connectivity index (χ2n) is 4.86. The molecule has 0 saturated carbocycles. The number of carboxylic acid groups (broad SMARTS) is 1. The Morgan fingerprint density at radius 3 is 2.35 bits per heavy atom. The summed E-state index contributed by atoms with van der Waals surface area (Å²) >= 11 is 0. The summed E-state index contributed by atoms with van der Waals surface area (Å²) in [5.41, 5.74) is 5.95. The van der Waals surface area contributed by atoms with Crippen LogP contribution in [0.5, 0.6) is 0 Å². The third kappa shape index (κ3) is 3.76. The number of hydrogen-bond acceptors (Lipinski definition) is 4. The fraction of sp³-hybridized carbons (Fsp3) is 0.143. The molecule has 0 saturated heterocycles. The maximum Gasteiger partial charge on any atom is 0.335 e. The van der Waals surface area contributed by atoms with Crippen molar-refractivity contribution in [3.8, 4) is 0 Å². The Labute approximate surface area is 132 Å². The van der Waals surface area contributed by atoms with Crippen LogP contribution in [0.25, 0.3) is 0 Å². The number of sulfonamides is 1. The lowest BCUT2D eigenvalue weighted by atomic mass is 10.1. The molecule has 2 aromatic rings. The van der Waals surface area contributed by atoms with Crippen LogP contribution in [-0.2, 0) is 23.6 Å². The summed E-state index contributed by atoms with van der Waals surface area (Å²) in [7, 11) is -2.30. The van der Waals surface area contributed by atoms with Crippen molar-refractivity contribution in [2.24, 2.45) is 12.8 Å². The average Bonchev–Trinajstić information content (AvgIpc) is 2.89. The van der Waals surface area contributed by atoms with E-state index in [0.717, 1.165) is 0 Å². The molecule has 0 unspecified atom stereocenters. The summed E-state index contributed by atoms with van der Waals surface area (Å²) in [5.74, 6) is -1.78. The Hall–Kier alpha value is -2.65. The zero-order valence-corrected chi connectivity index (χ0v) is 13.0. The number of rotatable bonds is 6. The first-order valence-corrected chi connectivity index (χ1v) is 7.97. The number of hydrogen-bond donors (Lipinski definition) is 3. The summed E-state index contributed by atoms with van der Waals surface area (Å²) in [5, 5.41) is 8.81. The molecule has 23 heavy (non-hydrogen) atoms. The van der Waals surface area contributed by atoms with Crippen LogP contribution in [0.15, 0.2) is 41.4 Å². The third-order valence-corrected chi connectivity index (χ3v) is 4.58. The van der Waals surface area contributed by atoms with Crippen molar-refractivity contribution in [2.75, 3.05) is 0 Å². The molecule has 2 rings (SSSR count). The lowest BCUT2D eigenvalue weighted by molar-refractivity contribution is 0.0696. The minimum atomic E-state index is -3.82. The molecule has 0 aliphatic carbocycles. The van der Waals surface area contributed by atoms with E-state index in [1.54, 1.807) is 0 Å². The van der Waals surface area contributed by atoms with Crippen LogP contribution < -0.4 is 10.5 Å². The van der Waals surface area contributed by atoms with Crippen molar-refractivity contribution >= 4 is 21.9 Å². The maximum absolute atomic E-state index is 12.2. The Kier molecular flexibility index (Phi) is 4.52. The van der Waals surface area contributed by atoms with Crippen molar-refractivity contribution in [1.29, 1.82) is 0 Å². The largest absolute Gasteiger partial charge is 0.478 e. The van der Waals surface area contributed by atoms with Crippen molar-refractivity contribution in [2.45, 2.75) is 11.4 Å². The van der Waals surface area contributed by atoms with Crippen LogP contribution >= 0.6 is 0 Å². The number of amides is 1. The molecule has 0 fully saturated rings. The topological polar surface area (TPSA) is 131 Å². The molecule has 0 spiro atoms. The molecule has 4 N–H and O–H groups in total. The lowest BCUT2D eigenvalue weighted by Crippen LogP contribution is -2.23. The van der Waals surface area contributed by atoms with Gasteiger partial charge in [-0.3, -0.25) is 4.79 Å². The molecule has 122 valence electrons. The number of carbonyl (C=O) groups excluding carboxylic acids is 1. The van der Waals surface area contributed by atoms with Crippen LogP contribution in [0.3, 0.4) is 0 Å². The quantitative estimate of drug-likeness (QED) is 0.697. The Morgan fingerprint density at radius 2 is 1.87 bits per heavy atom. The van der Waals surface area contributed by atoms with Gasteiger partial charge in [-0.2, -0.15) is 0 Å². The molecule has 1 aromatic heterocycles. The first-order valence-electron chi connectivity index (χ1n) is 6.49. The second kappa shape index (κ2) is 6.23. The van der Waals surface area contributed by atoms with Gasteiger partial charge in [-0.05, 0) is 23.8 Å². The lowest BCUT2D eigenvalue weighted by Gasteiger charge is -2.05. The standard InChI is InChI=1S/C14H15N3O5S/c1-17-8-11(6-12(17)13(15)18)23(21,22)16-7-9-2-4-10(5-3-9)14(19)20/h2-6,8,16H,7H2,1H3,(H2,15,18)(H,19,20). The second-order valence-corrected chi connectivity index (χ2v) is 6.63. The van der Waals surface area contributed by atoms with E-state index in [1.807, 2.05) is 0 Å². The molecule has 8 nitrogen and oxygen atoms in total. The highest BCUT2D eigenvalue weighted by Crippen LogP contribution is 2.14. The summed E-state index contributed by atoms with van der Waals surface area (Å²) in [6.07, 6.45) is 1.29. The number of aromatic carboxylic acids is 1. The van der Waals surface area contributed by atoms with Gasteiger partial charge in [-0.1, -0.05) is 12.1 Å². The molecule has 1 heterocycles. The Balaban J connectivity index is 2.14. The minimum Gasteiger partial charge on any atom is -0.478 e. The molecule has 1 aromatic carbocycles. The van der Waals surface area contributed by atoms with Crippen LogP contribution in [0, 0.1) is 0 Å². The summed E-state index contributed by atoms with van der Waals surface area (Å²) < 4.78 is 28.1. The minimum absolute atomic E-state index is 0.0109. The van der Waals surface area contributed by atoms with Gasteiger partial charge in [0.1, 0.15) is 10.6 Å². The van der Waals surface area contributed by atoms with Gasteiger partial charge in [0.25, 0.3) is 5.91 Å². The van der Waals surface area contributed by atoms with Crippen molar-refractivity contribution < 1.29 is 23.1 Å². The van der Waals surface area contributed by atoms with Crippen molar-refractivity contribution in [3.05, 3.63) is 53.3 Å². The number of aryl methyl sites for hydroxylation is 1. The Morgan fingerprint density at radius 1 is 1.26 bits per heavy atom. The van der Waals surface area contributed by atoms with Gasteiger partial charge in [0.05, 0.1) is 5.56 Å². The molecule has 0 aliphatic heterocycles. The monoisotopic (exact) mass is 337 g/mol. The summed E-state index contributed by atoms with van der Waals surface area (Å²) in [6, 6.07) is 7.01. The first-order chi connectivity index (χ1) is 10.7. The van der Waals surface area contributed by atoms with E-state index in [9.17, 15) is 18.0 Å². The smallest absolute Gasteiger partial charge is 0.335 e. The zero-order valence-electron chi connectivity index (χ0n) is 12.2. The molecule has 0 atom stereocenters.